The fourth-order valence-corrected chi connectivity index (χ4v) is 2.40. The third-order valence-corrected chi connectivity index (χ3v) is 3.91. The van der Waals surface area contributed by atoms with Crippen LogP contribution in [0.2, 0.25) is 5.02 Å². The van der Waals surface area contributed by atoms with E-state index in [0.29, 0.717) is 5.02 Å². The maximum Gasteiger partial charge on any atom is 0.305 e. The van der Waals surface area contributed by atoms with Crippen molar-refractivity contribution in [1.82, 2.24) is 5.32 Å². The van der Waals surface area contributed by atoms with Gasteiger partial charge in [-0.05, 0) is 30.7 Å². The van der Waals surface area contributed by atoms with Gasteiger partial charge in [-0.15, -0.1) is 0 Å². The highest BCUT2D eigenvalue weighted by molar-refractivity contribution is 6.30. The van der Waals surface area contributed by atoms with Crippen LogP contribution >= 0.6 is 11.6 Å². The van der Waals surface area contributed by atoms with Crippen molar-refractivity contribution in [3.8, 4) is 0 Å². The number of rotatable bonds is 5. The Bertz CT molecular complexity index is 874. The summed E-state index contributed by atoms with van der Waals surface area (Å²) in [5.41, 5.74) is 2.55. The predicted octanol–water partition coefficient (Wildman–Crippen LogP) is 2.52. The van der Waals surface area contributed by atoms with Crippen molar-refractivity contribution in [2.45, 2.75) is 12.5 Å². The summed E-state index contributed by atoms with van der Waals surface area (Å²) in [6, 6.07) is 9.22. The second kappa shape index (κ2) is 6.86. The standard InChI is InChI=1S/C16H13ClFN3O4/c1-16(15(19)23,9-4-2-5-10(17)8-9)20-14(22)11-6-3-7-12(13(11)18)21(24)25/h2-8H,1H3,(H2,19,23)(H,20,22)/t16-/m1/s1. The first-order chi connectivity index (χ1) is 11.7. The normalized spacial score (nSPS) is 12.9. The van der Waals surface area contributed by atoms with Gasteiger partial charge in [-0.25, -0.2) is 0 Å². The number of nitro groups is 1. The summed E-state index contributed by atoms with van der Waals surface area (Å²) in [6.45, 7) is 1.33. The molecule has 0 bridgehead atoms. The van der Waals surface area contributed by atoms with Crippen LogP contribution in [0.25, 0.3) is 0 Å². The molecule has 9 heteroatoms. The molecule has 7 nitrogen and oxygen atoms in total. The van der Waals surface area contributed by atoms with Crippen LogP contribution in [0.5, 0.6) is 0 Å². The van der Waals surface area contributed by atoms with Crippen molar-refractivity contribution in [2.24, 2.45) is 5.73 Å². The van der Waals surface area contributed by atoms with E-state index in [-0.39, 0.29) is 5.56 Å². The van der Waals surface area contributed by atoms with E-state index in [4.69, 9.17) is 17.3 Å². The third-order valence-electron chi connectivity index (χ3n) is 3.68. The Kier molecular flexibility index (Phi) is 5.03. The maximum absolute atomic E-state index is 14.2. The average Bonchev–Trinajstić information content (AvgIpc) is 2.54. The van der Waals surface area contributed by atoms with Crippen molar-refractivity contribution in [3.05, 3.63) is 74.5 Å². The van der Waals surface area contributed by atoms with E-state index >= 15 is 0 Å². The Hall–Kier alpha value is -3.00. The first-order valence-corrected chi connectivity index (χ1v) is 7.36. The van der Waals surface area contributed by atoms with Crippen LogP contribution < -0.4 is 11.1 Å². The summed E-state index contributed by atoms with van der Waals surface area (Å²) < 4.78 is 14.2. The van der Waals surface area contributed by atoms with E-state index in [2.05, 4.69) is 5.32 Å². The first kappa shape index (κ1) is 18.3. The number of amides is 2. The van der Waals surface area contributed by atoms with Crippen LogP contribution in [0.3, 0.4) is 0 Å². The molecule has 2 rings (SSSR count). The second-order valence-electron chi connectivity index (χ2n) is 5.35. The summed E-state index contributed by atoms with van der Waals surface area (Å²) in [6.07, 6.45) is 0. The topological polar surface area (TPSA) is 115 Å². The lowest BCUT2D eigenvalue weighted by molar-refractivity contribution is -0.387. The molecule has 2 aromatic rings. The lowest BCUT2D eigenvalue weighted by atomic mass is 9.90. The Morgan fingerprint density at radius 2 is 1.92 bits per heavy atom. The van der Waals surface area contributed by atoms with E-state index < -0.39 is 39.3 Å². The molecule has 0 aliphatic heterocycles. The largest absolute Gasteiger partial charge is 0.367 e. The highest BCUT2D eigenvalue weighted by atomic mass is 35.5. The molecule has 2 amide bonds. The van der Waals surface area contributed by atoms with E-state index in [1.807, 2.05) is 0 Å². The molecule has 0 fully saturated rings. The van der Waals surface area contributed by atoms with Crippen molar-refractivity contribution in [1.29, 1.82) is 0 Å². The SMILES string of the molecule is C[C@](NC(=O)c1cccc([N+](=O)[O-])c1F)(C(N)=O)c1cccc(Cl)c1. The van der Waals surface area contributed by atoms with Gasteiger partial charge in [0.05, 0.1) is 10.5 Å². The highest BCUT2D eigenvalue weighted by Crippen LogP contribution is 2.26. The molecule has 0 unspecified atom stereocenters. The molecule has 25 heavy (non-hydrogen) atoms. The second-order valence-corrected chi connectivity index (χ2v) is 5.79. The van der Waals surface area contributed by atoms with E-state index in [1.54, 1.807) is 12.1 Å². The lowest BCUT2D eigenvalue weighted by Crippen LogP contribution is -2.52. The number of nitrogens with one attached hydrogen (secondary N) is 1. The Morgan fingerprint density at radius 1 is 1.28 bits per heavy atom. The van der Waals surface area contributed by atoms with Crippen molar-refractivity contribution < 1.29 is 18.9 Å². The van der Waals surface area contributed by atoms with E-state index in [9.17, 15) is 24.1 Å². The fourth-order valence-electron chi connectivity index (χ4n) is 2.21. The van der Waals surface area contributed by atoms with Crippen molar-refractivity contribution >= 4 is 29.1 Å². The summed E-state index contributed by atoms with van der Waals surface area (Å²) >= 11 is 5.89. The molecule has 0 saturated heterocycles. The molecule has 0 aliphatic carbocycles. The molecule has 130 valence electrons. The zero-order chi connectivity index (χ0) is 18.8. The van der Waals surface area contributed by atoms with E-state index in [1.165, 1.54) is 19.1 Å². The zero-order valence-corrected chi connectivity index (χ0v) is 13.7. The number of primary amides is 1. The highest BCUT2D eigenvalue weighted by Gasteiger charge is 2.36. The first-order valence-electron chi connectivity index (χ1n) is 6.98. The van der Waals surface area contributed by atoms with Crippen LogP contribution in [0.4, 0.5) is 10.1 Å². The van der Waals surface area contributed by atoms with Crippen LogP contribution in [-0.2, 0) is 10.3 Å². The summed E-state index contributed by atoms with van der Waals surface area (Å²) in [4.78, 5) is 34.2. The van der Waals surface area contributed by atoms with Gasteiger partial charge in [0.1, 0.15) is 5.54 Å². The molecular formula is C16H13ClFN3O4. The lowest BCUT2D eigenvalue weighted by Gasteiger charge is -2.28. The van der Waals surface area contributed by atoms with Gasteiger partial charge >= 0.3 is 5.69 Å². The van der Waals surface area contributed by atoms with E-state index in [0.717, 1.165) is 18.2 Å². The van der Waals surface area contributed by atoms with Gasteiger partial charge in [0.25, 0.3) is 5.91 Å². The number of hydrogen-bond donors (Lipinski definition) is 2. The molecule has 0 radical (unpaired) electrons. The molecule has 0 heterocycles. The number of carbonyl (C=O) groups is 2. The van der Waals surface area contributed by atoms with Crippen LogP contribution in [0, 0.1) is 15.9 Å². The van der Waals surface area contributed by atoms with Gasteiger partial charge in [-0.2, -0.15) is 4.39 Å². The average molecular weight is 366 g/mol. The van der Waals surface area contributed by atoms with Gasteiger partial charge in [-0.1, -0.05) is 29.8 Å². The minimum Gasteiger partial charge on any atom is -0.367 e. The molecule has 0 aromatic heterocycles. The number of halogens is 2. The van der Waals surface area contributed by atoms with Gasteiger partial charge in [0.2, 0.25) is 11.7 Å². The van der Waals surface area contributed by atoms with Gasteiger partial charge in [0.15, 0.2) is 0 Å². The molecular weight excluding hydrogens is 353 g/mol. The van der Waals surface area contributed by atoms with Crippen LogP contribution in [0.15, 0.2) is 42.5 Å². The number of benzene rings is 2. The van der Waals surface area contributed by atoms with Crippen LogP contribution in [0.1, 0.15) is 22.8 Å². The summed E-state index contributed by atoms with van der Waals surface area (Å²) in [7, 11) is 0. The predicted molar refractivity (Wildman–Crippen MR) is 88.5 cm³/mol. The fraction of sp³-hybridized carbons (Fsp3) is 0.125. The number of nitrogens with two attached hydrogens (primary N) is 1. The smallest absolute Gasteiger partial charge is 0.305 e. The molecule has 2 aromatic carbocycles. The molecule has 0 saturated carbocycles. The van der Waals surface area contributed by atoms with Crippen LogP contribution in [-0.4, -0.2) is 16.7 Å². The minimum absolute atomic E-state index is 0.284. The third kappa shape index (κ3) is 3.58. The number of carbonyl (C=O) groups excluding carboxylic acids is 2. The Morgan fingerprint density at radius 3 is 2.48 bits per heavy atom. The maximum atomic E-state index is 14.2. The molecule has 0 spiro atoms. The monoisotopic (exact) mass is 365 g/mol. The van der Waals surface area contributed by atoms with Crippen molar-refractivity contribution in [2.75, 3.05) is 0 Å². The molecule has 1 atom stereocenters. The summed E-state index contributed by atoms with van der Waals surface area (Å²) in [5.74, 6) is -3.24. The minimum atomic E-state index is -1.70. The number of nitro benzene ring substituents is 1. The Labute approximate surface area is 146 Å². The molecule has 0 aliphatic rings. The number of nitrogens with zero attached hydrogens (tertiary/aromatic N) is 1. The van der Waals surface area contributed by atoms with Gasteiger partial charge < -0.3 is 11.1 Å². The van der Waals surface area contributed by atoms with Gasteiger partial charge in [-0.3, -0.25) is 19.7 Å². The van der Waals surface area contributed by atoms with Crippen molar-refractivity contribution in [3.63, 3.8) is 0 Å². The van der Waals surface area contributed by atoms with Gasteiger partial charge in [0, 0.05) is 11.1 Å². The zero-order valence-electron chi connectivity index (χ0n) is 13.0. The summed E-state index contributed by atoms with van der Waals surface area (Å²) in [5, 5.41) is 13.4. The Balaban J connectivity index is 2.45. The quantitative estimate of drug-likeness (QED) is 0.625. The molecule has 3 N–H and O–H groups in total. The number of hydrogen-bond acceptors (Lipinski definition) is 4.